The number of hydrogen-bond acceptors (Lipinski definition) is 5. The molecule has 1 aliphatic rings. The van der Waals surface area contributed by atoms with E-state index in [2.05, 4.69) is 43.9 Å². The van der Waals surface area contributed by atoms with Gasteiger partial charge in [-0.1, -0.05) is 5.92 Å². The molecule has 1 aliphatic heterocycles. The number of ether oxygens (including phenoxy) is 2. The first kappa shape index (κ1) is 21.0. The van der Waals surface area contributed by atoms with Crippen molar-refractivity contribution in [2.24, 2.45) is 5.10 Å². The summed E-state index contributed by atoms with van der Waals surface area (Å²) in [4.78, 5) is 14.7. The van der Waals surface area contributed by atoms with Gasteiger partial charge in [0.2, 0.25) is 0 Å². The highest BCUT2D eigenvalue weighted by Crippen LogP contribution is 2.33. The Balaban J connectivity index is 1.63. The van der Waals surface area contributed by atoms with Crippen LogP contribution in [0.3, 0.4) is 0 Å². The average Bonchev–Trinajstić information content (AvgIpc) is 3.27. The Morgan fingerprint density at radius 3 is 2.69 bits per heavy atom. The van der Waals surface area contributed by atoms with Gasteiger partial charge in [0.15, 0.2) is 11.5 Å². The van der Waals surface area contributed by atoms with Crippen LogP contribution in [0.4, 0.5) is 5.69 Å². The molecule has 0 saturated carbocycles. The number of anilines is 1. The van der Waals surface area contributed by atoms with Crippen molar-refractivity contribution in [1.29, 1.82) is 0 Å². The van der Waals surface area contributed by atoms with Gasteiger partial charge in [-0.3, -0.25) is 4.79 Å². The predicted molar refractivity (Wildman–Crippen MR) is 123 cm³/mol. The summed E-state index contributed by atoms with van der Waals surface area (Å²) in [7, 11) is 1.56. The Bertz CT molecular complexity index is 930. The molecule has 0 unspecified atom stereocenters. The molecule has 2 aromatic carbocycles. The first-order valence-electron chi connectivity index (χ1n) is 9.24. The topological polar surface area (TPSA) is 63.2 Å². The molecule has 1 fully saturated rings. The minimum Gasteiger partial charge on any atom is -0.493 e. The van der Waals surface area contributed by atoms with Crippen LogP contribution in [-0.2, 0) is 0 Å². The van der Waals surface area contributed by atoms with Gasteiger partial charge in [-0.25, -0.2) is 5.43 Å². The summed E-state index contributed by atoms with van der Waals surface area (Å²) in [6.07, 6.45) is 9.25. The number of methoxy groups -OCH3 is 1. The third-order valence-electron chi connectivity index (χ3n) is 4.53. The second-order valence-electron chi connectivity index (χ2n) is 6.47. The van der Waals surface area contributed by atoms with E-state index in [9.17, 15) is 4.79 Å². The van der Waals surface area contributed by atoms with E-state index >= 15 is 0 Å². The van der Waals surface area contributed by atoms with Gasteiger partial charge in [0.05, 0.1) is 16.9 Å². The van der Waals surface area contributed by atoms with Crippen molar-refractivity contribution in [2.75, 3.05) is 31.7 Å². The molecule has 150 valence electrons. The number of hydrogen-bond donors (Lipinski definition) is 1. The number of rotatable bonds is 7. The van der Waals surface area contributed by atoms with E-state index in [0.717, 1.165) is 27.9 Å². The van der Waals surface area contributed by atoms with Crippen molar-refractivity contribution < 1.29 is 14.3 Å². The number of halogens is 1. The van der Waals surface area contributed by atoms with E-state index in [-0.39, 0.29) is 12.5 Å². The van der Waals surface area contributed by atoms with Gasteiger partial charge in [-0.2, -0.15) is 5.10 Å². The molecule has 3 rings (SSSR count). The lowest BCUT2D eigenvalue weighted by Crippen LogP contribution is -2.19. The Hall–Kier alpha value is -2.73. The highest BCUT2D eigenvalue weighted by molar-refractivity contribution is 14.1. The van der Waals surface area contributed by atoms with Crippen molar-refractivity contribution in [1.82, 2.24) is 5.43 Å². The highest BCUT2D eigenvalue weighted by atomic mass is 127. The summed E-state index contributed by atoms with van der Waals surface area (Å²) < 4.78 is 11.7. The minimum atomic E-state index is -0.259. The summed E-state index contributed by atoms with van der Waals surface area (Å²) in [6.45, 7) is 2.31. The van der Waals surface area contributed by atoms with Crippen molar-refractivity contribution in [2.45, 2.75) is 12.8 Å². The minimum absolute atomic E-state index is 0.159. The normalized spacial score (nSPS) is 13.3. The number of hydrazone groups is 1. The van der Waals surface area contributed by atoms with Crippen molar-refractivity contribution >= 4 is 40.4 Å². The molecular formula is C22H22IN3O3. The fraction of sp³-hybridized carbons (Fsp3) is 0.273. The lowest BCUT2D eigenvalue weighted by atomic mass is 10.2. The number of nitrogens with zero attached hydrogens (tertiary/aromatic N) is 2. The summed E-state index contributed by atoms with van der Waals surface area (Å²) in [6, 6.07) is 11.2. The quantitative estimate of drug-likeness (QED) is 0.271. The monoisotopic (exact) mass is 503 g/mol. The van der Waals surface area contributed by atoms with E-state index in [0.29, 0.717) is 17.1 Å². The van der Waals surface area contributed by atoms with Crippen molar-refractivity contribution in [3.8, 4) is 23.8 Å². The van der Waals surface area contributed by atoms with Gasteiger partial charge in [-0.05, 0) is 77.4 Å². The maximum atomic E-state index is 12.3. The number of benzene rings is 2. The van der Waals surface area contributed by atoms with Crippen LogP contribution < -0.4 is 19.8 Å². The van der Waals surface area contributed by atoms with Crippen LogP contribution in [0.2, 0.25) is 0 Å². The molecule has 29 heavy (non-hydrogen) atoms. The Morgan fingerprint density at radius 2 is 2.03 bits per heavy atom. The van der Waals surface area contributed by atoms with Crippen LogP contribution in [-0.4, -0.2) is 38.9 Å². The predicted octanol–water partition coefficient (Wildman–Crippen LogP) is 3.68. The molecule has 1 heterocycles. The molecule has 0 atom stereocenters. The number of nitrogens with one attached hydrogen (secondary N) is 1. The summed E-state index contributed by atoms with van der Waals surface area (Å²) in [5.41, 5.74) is 5.04. The van der Waals surface area contributed by atoms with Gasteiger partial charge in [0, 0.05) is 24.3 Å². The third kappa shape index (κ3) is 5.41. The van der Waals surface area contributed by atoms with E-state index in [1.54, 1.807) is 19.4 Å². The van der Waals surface area contributed by atoms with E-state index < -0.39 is 0 Å². The molecule has 1 N–H and O–H groups in total. The number of carbonyl (C=O) groups is 1. The summed E-state index contributed by atoms with van der Waals surface area (Å²) >= 11 is 2.14. The zero-order valence-electron chi connectivity index (χ0n) is 16.2. The molecule has 1 amide bonds. The van der Waals surface area contributed by atoms with Gasteiger partial charge < -0.3 is 14.4 Å². The standard InChI is InChI=1S/C22H22IN3O3/c1-3-12-29-21-19(23)13-16(14-20(21)28-2)15-24-25-22(27)17-6-8-18(9-7-17)26-10-4-5-11-26/h1,6-9,13-15H,4-5,10-12H2,2H3,(H,25,27)/b24-15-. The second-order valence-corrected chi connectivity index (χ2v) is 7.63. The van der Waals surface area contributed by atoms with Gasteiger partial charge in [-0.15, -0.1) is 6.42 Å². The SMILES string of the molecule is C#CCOc1c(I)cc(/C=N\NC(=O)c2ccc(N3CCCC3)cc2)cc1OC. The maximum Gasteiger partial charge on any atom is 0.271 e. The zero-order valence-corrected chi connectivity index (χ0v) is 18.3. The van der Waals surface area contributed by atoms with E-state index in [4.69, 9.17) is 15.9 Å². The fourth-order valence-corrected chi connectivity index (χ4v) is 3.88. The number of amides is 1. The third-order valence-corrected chi connectivity index (χ3v) is 5.33. The van der Waals surface area contributed by atoms with E-state index in [1.165, 1.54) is 12.8 Å². The molecule has 2 aromatic rings. The molecule has 1 saturated heterocycles. The largest absolute Gasteiger partial charge is 0.493 e. The summed E-state index contributed by atoms with van der Waals surface area (Å²) in [5, 5.41) is 4.06. The van der Waals surface area contributed by atoms with Gasteiger partial charge in [0.1, 0.15) is 6.61 Å². The summed E-state index contributed by atoms with van der Waals surface area (Å²) in [5.74, 6) is 3.32. The van der Waals surface area contributed by atoms with Crippen LogP contribution in [0.5, 0.6) is 11.5 Å². The molecule has 0 aliphatic carbocycles. The zero-order chi connectivity index (χ0) is 20.6. The molecule has 7 heteroatoms. The smallest absolute Gasteiger partial charge is 0.271 e. The molecular weight excluding hydrogens is 481 g/mol. The Labute approximate surface area is 184 Å². The van der Waals surface area contributed by atoms with Crippen molar-refractivity contribution in [3.05, 3.63) is 51.1 Å². The van der Waals surface area contributed by atoms with Gasteiger partial charge >= 0.3 is 0 Å². The first-order chi connectivity index (χ1) is 14.1. The number of carbonyl (C=O) groups excluding carboxylic acids is 1. The second kappa shape index (κ2) is 10.2. The van der Waals surface area contributed by atoms with Crippen LogP contribution >= 0.6 is 22.6 Å². The number of terminal acetylenes is 1. The fourth-order valence-electron chi connectivity index (χ4n) is 3.10. The van der Waals surface area contributed by atoms with Crippen LogP contribution in [0.1, 0.15) is 28.8 Å². The molecule has 6 nitrogen and oxygen atoms in total. The van der Waals surface area contributed by atoms with E-state index in [1.807, 2.05) is 30.3 Å². The molecule has 0 bridgehead atoms. The van der Waals surface area contributed by atoms with Crippen molar-refractivity contribution in [3.63, 3.8) is 0 Å². The maximum absolute atomic E-state index is 12.3. The van der Waals surface area contributed by atoms with Crippen LogP contribution in [0.25, 0.3) is 0 Å². The van der Waals surface area contributed by atoms with Gasteiger partial charge in [0.25, 0.3) is 5.91 Å². The van der Waals surface area contributed by atoms with Crippen LogP contribution in [0.15, 0.2) is 41.5 Å². The lowest BCUT2D eigenvalue weighted by molar-refractivity contribution is 0.0955. The highest BCUT2D eigenvalue weighted by Gasteiger charge is 2.13. The Kier molecular flexibility index (Phi) is 7.36. The molecule has 0 radical (unpaired) electrons. The average molecular weight is 503 g/mol. The molecule has 0 aromatic heterocycles. The van der Waals surface area contributed by atoms with Crippen LogP contribution in [0, 0.1) is 15.9 Å². The lowest BCUT2D eigenvalue weighted by Gasteiger charge is -2.17. The first-order valence-corrected chi connectivity index (χ1v) is 10.3. The molecule has 0 spiro atoms. The Morgan fingerprint density at radius 1 is 1.31 bits per heavy atom.